The van der Waals surface area contributed by atoms with Crippen molar-refractivity contribution in [3.05, 3.63) is 46.1 Å². The quantitative estimate of drug-likeness (QED) is 0.718. The van der Waals surface area contributed by atoms with E-state index in [9.17, 15) is 0 Å². The van der Waals surface area contributed by atoms with Crippen molar-refractivity contribution in [3.8, 4) is 29.0 Å². The van der Waals surface area contributed by atoms with Gasteiger partial charge in [0.25, 0.3) is 5.89 Å². The average Bonchev–Trinajstić information content (AvgIpc) is 3.08. The Hall–Kier alpha value is -2.29. The van der Waals surface area contributed by atoms with E-state index in [-0.39, 0.29) is 0 Å². The number of halogens is 2. The van der Waals surface area contributed by atoms with Gasteiger partial charge in [0.15, 0.2) is 0 Å². The van der Waals surface area contributed by atoms with Crippen LogP contribution in [0.1, 0.15) is 5.56 Å². The predicted octanol–water partition coefficient (Wildman–Crippen LogP) is 3.92. The van der Waals surface area contributed by atoms with Crippen LogP contribution in [0.4, 0.5) is 0 Å². The molecule has 0 saturated carbocycles. The van der Waals surface area contributed by atoms with Gasteiger partial charge in [-0.1, -0.05) is 28.4 Å². The number of aromatic nitrogens is 3. The molecule has 0 saturated heterocycles. The fourth-order valence-corrected chi connectivity index (χ4v) is 2.22. The summed E-state index contributed by atoms with van der Waals surface area (Å²) in [6.07, 6.45) is 1.69. The summed E-state index contributed by atoms with van der Waals surface area (Å²) in [5, 5.41) is 13.7. The van der Waals surface area contributed by atoms with E-state index in [2.05, 4.69) is 16.2 Å². The van der Waals surface area contributed by atoms with Crippen LogP contribution in [0.25, 0.3) is 23.0 Å². The minimum Gasteiger partial charge on any atom is -0.345 e. The molecule has 0 aliphatic carbocycles. The van der Waals surface area contributed by atoms with Gasteiger partial charge in [0, 0.05) is 18.8 Å². The second-order valence-electron chi connectivity index (χ2n) is 4.39. The van der Waals surface area contributed by atoms with Crippen LogP contribution in [0.2, 0.25) is 10.0 Å². The van der Waals surface area contributed by atoms with Crippen LogP contribution in [0, 0.1) is 11.3 Å². The fraction of sp³-hybridized carbons (Fsp3) is 0.0714. The topological polar surface area (TPSA) is 67.6 Å². The summed E-state index contributed by atoms with van der Waals surface area (Å²) < 4.78 is 7.00. The lowest BCUT2D eigenvalue weighted by Crippen LogP contribution is -1.89. The molecule has 0 radical (unpaired) electrons. The van der Waals surface area contributed by atoms with Gasteiger partial charge in [0.1, 0.15) is 11.8 Å². The van der Waals surface area contributed by atoms with Gasteiger partial charge in [-0.15, -0.1) is 0 Å². The summed E-state index contributed by atoms with van der Waals surface area (Å²) >= 11 is 11.9. The summed E-state index contributed by atoms with van der Waals surface area (Å²) in [7, 11) is 1.80. The van der Waals surface area contributed by atoms with E-state index < -0.39 is 0 Å². The molecule has 2 aromatic heterocycles. The van der Waals surface area contributed by atoms with E-state index in [0.29, 0.717) is 38.6 Å². The van der Waals surface area contributed by atoms with Gasteiger partial charge in [0.2, 0.25) is 5.82 Å². The number of benzene rings is 1. The van der Waals surface area contributed by atoms with E-state index in [0.717, 1.165) is 0 Å². The minimum atomic E-state index is 0.333. The molecule has 21 heavy (non-hydrogen) atoms. The first-order valence-corrected chi connectivity index (χ1v) is 6.70. The molecular weight excluding hydrogens is 311 g/mol. The second kappa shape index (κ2) is 5.24. The normalized spacial score (nSPS) is 10.6. The van der Waals surface area contributed by atoms with Crippen LogP contribution >= 0.6 is 23.2 Å². The predicted molar refractivity (Wildman–Crippen MR) is 78.9 cm³/mol. The van der Waals surface area contributed by atoms with Gasteiger partial charge in [-0.05, 0) is 24.3 Å². The Morgan fingerprint density at radius 3 is 2.71 bits per heavy atom. The molecule has 0 atom stereocenters. The van der Waals surface area contributed by atoms with Crippen LogP contribution in [0.15, 0.2) is 35.0 Å². The van der Waals surface area contributed by atoms with Crippen molar-refractivity contribution in [2.75, 3.05) is 0 Å². The van der Waals surface area contributed by atoms with E-state index in [4.69, 9.17) is 33.0 Å². The Labute approximate surface area is 130 Å². The highest BCUT2D eigenvalue weighted by Crippen LogP contribution is 2.28. The molecule has 104 valence electrons. The van der Waals surface area contributed by atoms with Crippen LogP contribution in [0.3, 0.4) is 0 Å². The summed E-state index contributed by atoms with van der Waals surface area (Å²) in [5.74, 6) is 0.739. The number of rotatable bonds is 2. The van der Waals surface area contributed by atoms with Crippen LogP contribution in [0.5, 0.6) is 0 Å². The Balaban J connectivity index is 2.01. The van der Waals surface area contributed by atoms with E-state index in [1.54, 1.807) is 42.1 Å². The molecule has 0 aliphatic heterocycles. The lowest BCUT2D eigenvalue weighted by molar-refractivity contribution is 0.429. The third kappa shape index (κ3) is 2.51. The van der Waals surface area contributed by atoms with Crippen molar-refractivity contribution >= 4 is 23.2 Å². The lowest BCUT2D eigenvalue weighted by Gasteiger charge is -1.97. The molecule has 0 N–H and O–H groups in total. The molecule has 1 aromatic carbocycles. The third-order valence-electron chi connectivity index (χ3n) is 2.96. The standard InChI is InChI=1S/C14H8Cl2N4O/c1-20-7-8(6-17)4-12(20)14-18-13(19-21-14)9-2-3-10(15)11(16)5-9/h2-5,7H,1H3. The molecule has 3 rings (SSSR count). The Kier molecular flexibility index (Phi) is 3.42. The zero-order chi connectivity index (χ0) is 15.0. The van der Waals surface area contributed by atoms with Gasteiger partial charge < -0.3 is 9.09 Å². The van der Waals surface area contributed by atoms with Crippen molar-refractivity contribution in [3.63, 3.8) is 0 Å². The second-order valence-corrected chi connectivity index (χ2v) is 5.20. The van der Waals surface area contributed by atoms with Gasteiger partial charge in [0.05, 0.1) is 15.6 Å². The highest BCUT2D eigenvalue weighted by molar-refractivity contribution is 6.42. The molecule has 0 aliphatic rings. The van der Waals surface area contributed by atoms with E-state index >= 15 is 0 Å². The van der Waals surface area contributed by atoms with Crippen molar-refractivity contribution in [2.45, 2.75) is 0 Å². The largest absolute Gasteiger partial charge is 0.345 e. The monoisotopic (exact) mass is 318 g/mol. The van der Waals surface area contributed by atoms with Crippen LogP contribution in [-0.4, -0.2) is 14.7 Å². The number of aryl methyl sites for hydroxylation is 1. The van der Waals surface area contributed by atoms with E-state index in [1.807, 2.05) is 0 Å². The maximum atomic E-state index is 8.90. The fourth-order valence-electron chi connectivity index (χ4n) is 1.92. The molecule has 3 aromatic rings. The summed E-state index contributed by atoms with van der Waals surface area (Å²) in [6, 6.07) is 8.86. The minimum absolute atomic E-state index is 0.333. The molecule has 5 nitrogen and oxygen atoms in total. The Morgan fingerprint density at radius 1 is 1.24 bits per heavy atom. The first kappa shape index (κ1) is 13.7. The maximum Gasteiger partial charge on any atom is 0.274 e. The highest BCUT2D eigenvalue weighted by atomic mass is 35.5. The van der Waals surface area contributed by atoms with Gasteiger partial charge in [-0.2, -0.15) is 10.2 Å². The smallest absolute Gasteiger partial charge is 0.274 e. The first-order chi connectivity index (χ1) is 10.1. The van der Waals surface area contributed by atoms with Crippen molar-refractivity contribution in [1.82, 2.24) is 14.7 Å². The van der Waals surface area contributed by atoms with Crippen molar-refractivity contribution in [2.24, 2.45) is 7.05 Å². The zero-order valence-corrected chi connectivity index (χ0v) is 12.4. The number of hydrogen-bond donors (Lipinski definition) is 0. The molecule has 0 unspecified atom stereocenters. The van der Waals surface area contributed by atoms with Crippen LogP contribution in [-0.2, 0) is 7.05 Å². The maximum absolute atomic E-state index is 8.90. The zero-order valence-electron chi connectivity index (χ0n) is 10.8. The number of nitrogens with zero attached hydrogens (tertiary/aromatic N) is 4. The molecule has 0 bridgehead atoms. The van der Waals surface area contributed by atoms with Crippen molar-refractivity contribution < 1.29 is 4.52 Å². The number of nitriles is 1. The van der Waals surface area contributed by atoms with Crippen molar-refractivity contribution in [1.29, 1.82) is 5.26 Å². The summed E-state index contributed by atoms with van der Waals surface area (Å²) in [4.78, 5) is 4.32. The van der Waals surface area contributed by atoms with Gasteiger partial charge >= 0.3 is 0 Å². The highest BCUT2D eigenvalue weighted by Gasteiger charge is 2.15. The Morgan fingerprint density at radius 2 is 2.05 bits per heavy atom. The lowest BCUT2D eigenvalue weighted by atomic mass is 10.2. The molecular formula is C14H8Cl2N4O. The summed E-state index contributed by atoms with van der Waals surface area (Å²) in [5.41, 5.74) is 1.90. The SMILES string of the molecule is Cn1cc(C#N)cc1-c1nc(-c2ccc(Cl)c(Cl)c2)no1. The van der Waals surface area contributed by atoms with E-state index in [1.165, 1.54) is 0 Å². The van der Waals surface area contributed by atoms with Gasteiger partial charge in [-0.25, -0.2) is 0 Å². The molecule has 0 spiro atoms. The molecule has 0 amide bonds. The number of hydrogen-bond acceptors (Lipinski definition) is 4. The van der Waals surface area contributed by atoms with Gasteiger partial charge in [-0.3, -0.25) is 0 Å². The average molecular weight is 319 g/mol. The molecule has 0 fully saturated rings. The summed E-state index contributed by atoms with van der Waals surface area (Å²) in [6.45, 7) is 0. The Bertz CT molecular complexity index is 860. The molecule has 7 heteroatoms. The first-order valence-electron chi connectivity index (χ1n) is 5.94. The third-order valence-corrected chi connectivity index (χ3v) is 3.70. The molecule has 2 heterocycles. The van der Waals surface area contributed by atoms with Crippen LogP contribution < -0.4 is 0 Å².